The van der Waals surface area contributed by atoms with Gasteiger partial charge in [0, 0.05) is 24.7 Å². The lowest BCUT2D eigenvalue weighted by molar-refractivity contribution is -0.131. The van der Waals surface area contributed by atoms with Crippen LogP contribution in [0.2, 0.25) is 0 Å². The van der Waals surface area contributed by atoms with E-state index in [2.05, 4.69) is 17.4 Å². The molecule has 2 heterocycles. The highest BCUT2D eigenvalue weighted by atomic mass is 16.5. The molecule has 5 heteroatoms. The van der Waals surface area contributed by atoms with E-state index >= 15 is 0 Å². The summed E-state index contributed by atoms with van der Waals surface area (Å²) in [4.78, 5) is 14.2. The van der Waals surface area contributed by atoms with Gasteiger partial charge in [-0.25, -0.2) is 0 Å². The lowest BCUT2D eigenvalue weighted by atomic mass is 10.0. The second-order valence-electron chi connectivity index (χ2n) is 5.52. The average molecular weight is 279 g/mol. The van der Waals surface area contributed by atoms with Crippen LogP contribution in [0.1, 0.15) is 55.7 Å². The molecule has 0 unspecified atom stereocenters. The van der Waals surface area contributed by atoms with Crippen LogP contribution in [0.3, 0.4) is 0 Å². The largest absolute Gasteiger partial charge is 0.361 e. The van der Waals surface area contributed by atoms with Gasteiger partial charge in [-0.3, -0.25) is 4.79 Å². The molecule has 1 aromatic rings. The normalized spacial score (nSPS) is 17.2. The Hall–Kier alpha value is -1.36. The van der Waals surface area contributed by atoms with Gasteiger partial charge in [0.1, 0.15) is 5.76 Å². The summed E-state index contributed by atoms with van der Waals surface area (Å²) in [6.07, 6.45) is 4.42. The van der Waals surface area contributed by atoms with E-state index in [9.17, 15) is 4.79 Å². The zero-order chi connectivity index (χ0) is 14.5. The molecule has 0 saturated carbocycles. The first-order valence-electron chi connectivity index (χ1n) is 7.57. The minimum absolute atomic E-state index is 0.134. The maximum Gasteiger partial charge on any atom is 0.236 e. The third-order valence-electron chi connectivity index (χ3n) is 4.05. The molecule has 1 amide bonds. The van der Waals surface area contributed by atoms with E-state index in [-0.39, 0.29) is 11.9 Å². The Bertz CT molecular complexity index is 430. The molecule has 0 aliphatic carbocycles. The molecule has 1 aliphatic rings. The first kappa shape index (κ1) is 15.0. The molecule has 2 rings (SSSR count). The standard InChI is InChI=1S/C15H25N3O2/c1-4-13(15-11(2)17-20-12(15)3)16-10-14(19)18-8-6-5-7-9-18/h13,16H,4-10H2,1-3H3/t13-/m1/s1. The van der Waals surface area contributed by atoms with Crippen LogP contribution in [-0.2, 0) is 4.79 Å². The number of carbonyl (C=O) groups is 1. The highest BCUT2D eigenvalue weighted by Gasteiger charge is 2.21. The molecule has 1 saturated heterocycles. The van der Waals surface area contributed by atoms with E-state index in [0.29, 0.717) is 6.54 Å². The summed E-state index contributed by atoms with van der Waals surface area (Å²) in [5, 5.41) is 7.35. The van der Waals surface area contributed by atoms with Gasteiger partial charge in [-0.2, -0.15) is 0 Å². The third-order valence-corrected chi connectivity index (χ3v) is 4.05. The van der Waals surface area contributed by atoms with Gasteiger partial charge in [0.25, 0.3) is 0 Å². The summed E-state index contributed by atoms with van der Waals surface area (Å²) in [7, 11) is 0. The van der Waals surface area contributed by atoms with E-state index in [1.165, 1.54) is 6.42 Å². The molecule has 1 aliphatic heterocycles. The highest BCUT2D eigenvalue weighted by molar-refractivity contribution is 5.78. The summed E-state index contributed by atoms with van der Waals surface area (Å²) >= 11 is 0. The summed E-state index contributed by atoms with van der Waals surface area (Å²) in [5.74, 6) is 1.04. The highest BCUT2D eigenvalue weighted by Crippen LogP contribution is 2.23. The topological polar surface area (TPSA) is 58.4 Å². The monoisotopic (exact) mass is 279 g/mol. The Morgan fingerprint density at radius 1 is 1.35 bits per heavy atom. The van der Waals surface area contributed by atoms with Gasteiger partial charge in [-0.05, 0) is 39.5 Å². The smallest absolute Gasteiger partial charge is 0.236 e. The van der Waals surface area contributed by atoms with Gasteiger partial charge >= 0.3 is 0 Å². The molecule has 20 heavy (non-hydrogen) atoms. The Balaban J connectivity index is 1.92. The van der Waals surface area contributed by atoms with Crippen LogP contribution in [0.15, 0.2) is 4.52 Å². The van der Waals surface area contributed by atoms with Crippen molar-refractivity contribution >= 4 is 5.91 Å². The Morgan fingerprint density at radius 3 is 2.60 bits per heavy atom. The van der Waals surface area contributed by atoms with Gasteiger partial charge in [0.2, 0.25) is 5.91 Å². The maximum atomic E-state index is 12.2. The molecular weight excluding hydrogens is 254 g/mol. The van der Waals surface area contributed by atoms with Crippen molar-refractivity contribution < 1.29 is 9.32 Å². The average Bonchev–Trinajstić information content (AvgIpc) is 2.81. The van der Waals surface area contributed by atoms with Crippen molar-refractivity contribution in [3.05, 3.63) is 17.0 Å². The van der Waals surface area contributed by atoms with Crippen molar-refractivity contribution in [1.29, 1.82) is 0 Å². The summed E-state index contributed by atoms with van der Waals surface area (Å²) in [5.41, 5.74) is 2.01. The number of rotatable bonds is 5. The van der Waals surface area contributed by atoms with E-state index in [0.717, 1.165) is 49.4 Å². The van der Waals surface area contributed by atoms with E-state index in [1.54, 1.807) is 0 Å². The van der Waals surface area contributed by atoms with Gasteiger partial charge in [-0.1, -0.05) is 12.1 Å². The molecule has 0 bridgehead atoms. The SMILES string of the molecule is CC[C@@H](NCC(=O)N1CCCCC1)c1c(C)noc1C. The number of amides is 1. The van der Waals surface area contributed by atoms with E-state index < -0.39 is 0 Å². The molecule has 5 nitrogen and oxygen atoms in total. The molecule has 0 aromatic carbocycles. The molecule has 112 valence electrons. The van der Waals surface area contributed by atoms with Crippen molar-refractivity contribution in [3.63, 3.8) is 0 Å². The lowest BCUT2D eigenvalue weighted by Gasteiger charge is -2.27. The van der Waals surface area contributed by atoms with Crippen LogP contribution in [0.4, 0.5) is 0 Å². The number of nitrogens with zero attached hydrogens (tertiary/aromatic N) is 2. The zero-order valence-corrected chi connectivity index (χ0v) is 12.7. The number of aromatic nitrogens is 1. The van der Waals surface area contributed by atoms with Gasteiger partial charge in [-0.15, -0.1) is 0 Å². The van der Waals surface area contributed by atoms with Crippen molar-refractivity contribution in [2.24, 2.45) is 0 Å². The summed E-state index contributed by atoms with van der Waals surface area (Å²) in [6, 6.07) is 0.134. The first-order valence-corrected chi connectivity index (χ1v) is 7.57. The van der Waals surface area contributed by atoms with Gasteiger partial charge in [0.15, 0.2) is 0 Å². The predicted molar refractivity (Wildman–Crippen MR) is 77.4 cm³/mol. The van der Waals surface area contributed by atoms with Crippen molar-refractivity contribution in [2.45, 2.75) is 52.5 Å². The second kappa shape index (κ2) is 6.88. The predicted octanol–water partition coefficient (Wildman–Crippen LogP) is 2.34. The van der Waals surface area contributed by atoms with Crippen LogP contribution in [0.5, 0.6) is 0 Å². The van der Waals surface area contributed by atoms with Crippen LogP contribution in [0.25, 0.3) is 0 Å². The second-order valence-corrected chi connectivity index (χ2v) is 5.52. The molecule has 0 radical (unpaired) electrons. The summed E-state index contributed by atoms with van der Waals surface area (Å²) in [6.45, 7) is 8.18. The van der Waals surface area contributed by atoms with Gasteiger partial charge in [0.05, 0.1) is 12.2 Å². The Labute approximate surface area is 120 Å². The first-order chi connectivity index (χ1) is 9.63. The number of hydrogen-bond acceptors (Lipinski definition) is 4. The number of hydrogen-bond donors (Lipinski definition) is 1. The lowest BCUT2D eigenvalue weighted by Crippen LogP contribution is -2.42. The number of likely N-dealkylation sites (tertiary alicyclic amines) is 1. The maximum absolute atomic E-state index is 12.2. The molecule has 1 N–H and O–H groups in total. The van der Waals surface area contributed by atoms with Crippen LogP contribution in [0, 0.1) is 13.8 Å². The fourth-order valence-corrected chi connectivity index (χ4v) is 2.90. The zero-order valence-electron chi connectivity index (χ0n) is 12.7. The molecule has 1 fully saturated rings. The molecular formula is C15H25N3O2. The number of aryl methyl sites for hydroxylation is 2. The van der Waals surface area contributed by atoms with E-state index in [1.807, 2.05) is 18.7 Å². The number of nitrogens with one attached hydrogen (secondary N) is 1. The molecule has 1 atom stereocenters. The fourth-order valence-electron chi connectivity index (χ4n) is 2.90. The van der Waals surface area contributed by atoms with Crippen molar-refractivity contribution in [1.82, 2.24) is 15.4 Å². The minimum atomic E-state index is 0.134. The van der Waals surface area contributed by atoms with Crippen molar-refractivity contribution in [2.75, 3.05) is 19.6 Å². The number of piperidine rings is 1. The van der Waals surface area contributed by atoms with Crippen LogP contribution in [-0.4, -0.2) is 35.6 Å². The number of carbonyl (C=O) groups excluding carboxylic acids is 1. The minimum Gasteiger partial charge on any atom is -0.361 e. The third kappa shape index (κ3) is 3.39. The molecule has 0 spiro atoms. The van der Waals surface area contributed by atoms with E-state index in [4.69, 9.17) is 4.52 Å². The van der Waals surface area contributed by atoms with Crippen LogP contribution >= 0.6 is 0 Å². The fraction of sp³-hybridized carbons (Fsp3) is 0.733. The Kier molecular flexibility index (Phi) is 5.17. The Morgan fingerprint density at radius 2 is 2.05 bits per heavy atom. The van der Waals surface area contributed by atoms with Crippen LogP contribution < -0.4 is 5.32 Å². The molecule has 1 aromatic heterocycles. The quantitative estimate of drug-likeness (QED) is 0.899. The van der Waals surface area contributed by atoms with Gasteiger partial charge < -0.3 is 14.7 Å². The summed E-state index contributed by atoms with van der Waals surface area (Å²) < 4.78 is 5.22. The van der Waals surface area contributed by atoms with Crippen molar-refractivity contribution in [3.8, 4) is 0 Å².